The van der Waals surface area contributed by atoms with E-state index in [0.717, 1.165) is 35.5 Å². The topological polar surface area (TPSA) is 165 Å². The molecule has 0 saturated heterocycles. The number of rotatable bonds is 17. The van der Waals surface area contributed by atoms with E-state index in [0.29, 0.717) is 12.0 Å². The Kier molecular flexibility index (Phi) is 13.7. The molecule has 0 spiro atoms. The van der Waals surface area contributed by atoms with E-state index in [1.807, 2.05) is 56.5 Å². The van der Waals surface area contributed by atoms with Crippen LogP contribution >= 0.6 is 11.3 Å². The number of nitrogens with one attached hydrogen (secondary N) is 2. The third kappa shape index (κ3) is 10.6. The van der Waals surface area contributed by atoms with Crippen LogP contribution in [0.1, 0.15) is 61.4 Å². The molecule has 0 unspecified atom stereocenters. The molecule has 1 saturated carbocycles. The average molecular weight is 713 g/mol. The van der Waals surface area contributed by atoms with E-state index in [1.165, 1.54) is 38.9 Å². The van der Waals surface area contributed by atoms with Gasteiger partial charge in [-0.3, -0.25) is 4.79 Å². The van der Waals surface area contributed by atoms with Gasteiger partial charge in [-0.1, -0.05) is 74.3 Å². The number of carbonyl (C=O) groups is 2. The highest BCUT2D eigenvalue weighted by Gasteiger charge is 2.35. The van der Waals surface area contributed by atoms with E-state index in [9.17, 15) is 23.1 Å². The van der Waals surface area contributed by atoms with Crippen molar-refractivity contribution in [2.45, 2.75) is 82.5 Å². The molecule has 1 fully saturated rings. The number of nitrogens with zero attached hydrogens (tertiary/aromatic N) is 4. The summed E-state index contributed by atoms with van der Waals surface area (Å²) >= 11 is 1.50. The number of aromatic nitrogens is 1. The molecule has 1 aliphatic rings. The largest absolute Gasteiger partial charge is 0.411 e. The molecule has 4 atom stereocenters. The Morgan fingerprint density at radius 2 is 1.82 bits per heavy atom. The van der Waals surface area contributed by atoms with Gasteiger partial charge in [-0.25, -0.2) is 18.2 Å². The number of carbonyl (C=O) groups excluding carboxylic acids is 2. The van der Waals surface area contributed by atoms with Crippen molar-refractivity contribution in [1.29, 1.82) is 0 Å². The summed E-state index contributed by atoms with van der Waals surface area (Å²) in [5.74, 6) is -0.530. The lowest BCUT2D eigenvalue weighted by Crippen LogP contribution is -2.58. The highest BCUT2D eigenvalue weighted by Crippen LogP contribution is 2.30. The standard InChI is InChI=1S/C35H48N6O6S2/c1-5-24(2)33(39-35(44)40(4)21-29-23-48-25(3)37-29)34(43)38-31(18-26-10-7-6-8-11-26)32(42)22-41(20-28-12-9-13-28)49(46,47)30-16-14-27(15-17-30)19-36-45/h6-8,10-11,14-17,19,23-24,28,31-33,42,45H,5,9,12-13,18,20-22H2,1-4H3,(H,38,43)(H,39,44)/b36-19+/t24-,31-,32+,33-/m0/s1. The minimum absolute atomic E-state index is 0.0502. The van der Waals surface area contributed by atoms with Gasteiger partial charge in [-0.15, -0.1) is 11.3 Å². The van der Waals surface area contributed by atoms with Crippen LogP contribution in [-0.4, -0.2) is 89.4 Å². The maximum absolute atomic E-state index is 14.0. The molecule has 49 heavy (non-hydrogen) atoms. The molecule has 0 aliphatic heterocycles. The molecule has 1 heterocycles. The molecule has 14 heteroatoms. The van der Waals surface area contributed by atoms with Gasteiger partial charge in [-0.2, -0.15) is 4.31 Å². The first kappa shape index (κ1) is 38.0. The molecule has 1 aromatic heterocycles. The van der Waals surface area contributed by atoms with Crippen LogP contribution in [0.25, 0.3) is 0 Å². The van der Waals surface area contributed by atoms with Gasteiger partial charge in [0.25, 0.3) is 0 Å². The number of aryl methyl sites for hydroxylation is 1. The number of sulfonamides is 1. The Morgan fingerprint density at radius 1 is 1.12 bits per heavy atom. The number of oxime groups is 1. The summed E-state index contributed by atoms with van der Waals surface area (Å²) < 4.78 is 29.2. The maximum Gasteiger partial charge on any atom is 0.318 e. The molecule has 3 aromatic rings. The third-order valence-electron chi connectivity index (χ3n) is 9.08. The fourth-order valence-corrected chi connectivity index (χ4v) is 7.81. The van der Waals surface area contributed by atoms with Gasteiger partial charge in [0.15, 0.2) is 0 Å². The van der Waals surface area contributed by atoms with Gasteiger partial charge in [0.05, 0.1) is 40.5 Å². The second-order valence-electron chi connectivity index (χ2n) is 12.8. The van der Waals surface area contributed by atoms with E-state index >= 15 is 0 Å². The Bertz CT molecular complexity index is 1650. The first-order valence-corrected chi connectivity index (χ1v) is 19.0. The summed E-state index contributed by atoms with van der Waals surface area (Å²) in [6, 6.07) is 13.1. The Morgan fingerprint density at radius 3 is 2.39 bits per heavy atom. The van der Waals surface area contributed by atoms with Crippen molar-refractivity contribution in [1.82, 2.24) is 24.8 Å². The summed E-state index contributed by atoms with van der Waals surface area (Å²) in [6.07, 6.45) is 3.59. The van der Waals surface area contributed by atoms with Crippen molar-refractivity contribution in [3.05, 3.63) is 81.8 Å². The molecular weight excluding hydrogens is 665 g/mol. The van der Waals surface area contributed by atoms with Crippen molar-refractivity contribution >= 4 is 39.5 Å². The van der Waals surface area contributed by atoms with Crippen molar-refractivity contribution < 1.29 is 28.3 Å². The Balaban J connectivity index is 1.56. The molecule has 0 radical (unpaired) electrons. The smallest absolute Gasteiger partial charge is 0.318 e. The van der Waals surface area contributed by atoms with E-state index in [-0.39, 0.29) is 42.8 Å². The van der Waals surface area contributed by atoms with Crippen molar-refractivity contribution in [2.24, 2.45) is 17.0 Å². The van der Waals surface area contributed by atoms with Crippen LogP contribution in [0.3, 0.4) is 0 Å². The molecule has 1 aliphatic carbocycles. The zero-order chi connectivity index (χ0) is 35.6. The summed E-state index contributed by atoms with van der Waals surface area (Å²) in [5, 5.41) is 32.3. The maximum atomic E-state index is 14.0. The SMILES string of the molecule is CC[C@H](C)[C@H](NC(=O)N(C)Cc1csc(C)n1)C(=O)N[C@@H](Cc1ccccc1)[C@H](O)CN(CC1CCC1)S(=O)(=O)c1ccc(/C=N/O)cc1. The molecule has 4 rings (SSSR count). The number of hydrogen-bond donors (Lipinski definition) is 4. The fourth-order valence-electron chi connectivity index (χ4n) is 5.68. The van der Waals surface area contributed by atoms with Gasteiger partial charge in [0.1, 0.15) is 6.04 Å². The second kappa shape index (κ2) is 17.7. The predicted octanol–water partition coefficient (Wildman–Crippen LogP) is 4.40. The number of thiazole rings is 1. The molecule has 2 aromatic carbocycles. The van der Waals surface area contributed by atoms with Gasteiger partial charge in [0, 0.05) is 25.5 Å². The molecule has 12 nitrogen and oxygen atoms in total. The number of urea groups is 1. The van der Waals surface area contributed by atoms with E-state index in [2.05, 4.69) is 20.8 Å². The number of hydrogen-bond acceptors (Lipinski definition) is 9. The zero-order valence-corrected chi connectivity index (χ0v) is 30.2. The van der Waals surface area contributed by atoms with Crippen LogP contribution in [0.2, 0.25) is 0 Å². The summed E-state index contributed by atoms with van der Waals surface area (Å²) in [7, 11) is -2.39. The van der Waals surface area contributed by atoms with Crippen LogP contribution in [0.15, 0.2) is 70.0 Å². The molecule has 266 valence electrons. The van der Waals surface area contributed by atoms with Gasteiger partial charge in [-0.05, 0) is 61.3 Å². The lowest BCUT2D eigenvalue weighted by atomic mass is 9.85. The highest BCUT2D eigenvalue weighted by molar-refractivity contribution is 7.89. The number of amides is 3. The Labute approximate surface area is 293 Å². The van der Waals surface area contributed by atoms with E-state index < -0.39 is 40.1 Å². The summed E-state index contributed by atoms with van der Waals surface area (Å²) in [6.45, 7) is 5.98. The number of benzene rings is 2. The summed E-state index contributed by atoms with van der Waals surface area (Å²) in [5.41, 5.74) is 2.14. The Hall–Kier alpha value is -3.85. The van der Waals surface area contributed by atoms with Crippen LogP contribution in [0.4, 0.5) is 4.79 Å². The van der Waals surface area contributed by atoms with Gasteiger partial charge < -0.3 is 25.8 Å². The minimum Gasteiger partial charge on any atom is -0.411 e. The lowest BCUT2D eigenvalue weighted by molar-refractivity contribution is -0.125. The molecule has 4 N–H and O–H groups in total. The third-order valence-corrected chi connectivity index (χ3v) is 11.7. The van der Waals surface area contributed by atoms with Gasteiger partial charge in [0.2, 0.25) is 15.9 Å². The monoisotopic (exact) mass is 712 g/mol. The first-order chi connectivity index (χ1) is 23.4. The van der Waals surface area contributed by atoms with E-state index in [1.54, 1.807) is 19.2 Å². The molecule has 3 amide bonds. The van der Waals surface area contributed by atoms with Crippen LogP contribution in [0.5, 0.6) is 0 Å². The number of aliphatic hydroxyl groups is 1. The fraction of sp³-hybridized carbons (Fsp3) is 0.486. The van der Waals surface area contributed by atoms with Crippen molar-refractivity contribution in [3.63, 3.8) is 0 Å². The first-order valence-electron chi connectivity index (χ1n) is 16.6. The van der Waals surface area contributed by atoms with Crippen LogP contribution in [-0.2, 0) is 27.8 Å². The number of aliphatic hydroxyl groups excluding tert-OH is 1. The van der Waals surface area contributed by atoms with Gasteiger partial charge >= 0.3 is 6.03 Å². The highest BCUT2D eigenvalue weighted by atomic mass is 32.2. The summed E-state index contributed by atoms with van der Waals surface area (Å²) in [4.78, 5) is 33.2. The second-order valence-corrected chi connectivity index (χ2v) is 15.8. The normalized spacial score (nSPS) is 16.1. The minimum atomic E-state index is -4.03. The van der Waals surface area contributed by atoms with Crippen LogP contribution in [0, 0.1) is 18.8 Å². The quantitative estimate of drug-likeness (QED) is 0.0916. The molecular formula is C35H48N6O6S2. The molecule has 0 bridgehead atoms. The van der Waals surface area contributed by atoms with Crippen molar-refractivity contribution in [3.8, 4) is 0 Å². The van der Waals surface area contributed by atoms with Crippen molar-refractivity contribution in [2.75, 3.05) is 20.1 Å². The average Bonchev–Trinajstić information content (AvgIpc) is 3.48. The van der Waals surface area contributed by atoms with Crippen LogP contribution < -0.4 is 10.6 Å². The predicted molar refractivity (Wildman–Crippen MR) is 190 cm³/mol. The zero-order valence-electron chi connectivity index (χ0n) is 28.5. The lowest BCUT2D eigenvalue weighted by Gasteiger charge is -2.35. The van der Waals surface area contributed by atoms with E-state index in [4.69, 9.17) is 5.21 Å².